The van der Waals surface area contributed by atoms with Gasteiger partial charge < -0.3 is 5.32 Å². The van der Waals surface area contributed by atoms with Crippen LogP contribution >= 0.6 is 0 Å². The van der Waals surface area contributed by atoms with Crippen molar-refractivity contribution < 1.29 is 4.68 Å². The Labute approximate surface area is 48.5 Å². The van der Waals surface area contributed by atoms with E-state index in [2.05, 4.69) is 5.32 Å². The largest absolute Gasteiger partial charge is 0.377 e. The van der Waals surface area contributed by atoms with Gasteiger partial charge in [0.25, 0.3) is 0 Å². The fourth-order valence-electron chi connectivity index (χ4n) is 0.576. The molecule has 0 aliphatic carbocycles. The first-order valence-corrected chi connectivity index (χ1v) is 2.58. The van der Waals surface area contributed by atoms with E-state index in [-0.39, 0.29) is 0 Å². The normalized spacial score (nSPS) is 18.6. The molecule has 0 saturated carbocycles. The molecule has 8 heavy (non-hydrogen) atoms. The molecular weight excluding hydrogens is 102 g/mol. The second-order valence-electron chi connectivity index (χ2n) is 1.78. The van der Waals surface area contributed by atoms with Crippen molar-refractivity contribution in [2.45, 2.75) is 6.92 Å². The van der Waals surface area contributed by atoms with Crippen molar-refractivity contribution in [3.05, 3.63) is 11.9 Å². The predicted molar refractivity (Wildman–Crippen MR) is 32.3 cm³/mol. The minimum Gasteiger partial charge on any atom is -0.377 e. The highest BCUT2D eigenvalue weighted by Crippen LogP contribution is 1.88. The lowest BCUT2D eigenvalue weighted by molar-refractivity contribution is -0.486. The van der Waals surface area contributed by atoms with Crippen LogP contribution in [0.1, 0.15) is 6.92 Å². The van der Waals surface area contributed by atoms with Crippen molar-refractivity contribution >= 4 is 6.21 Å². The van der Waals surface area contributed by atoms with Crippen LogP contribution in [0.3, 0.4) is 0 Å². The van der Waals surface area contributed by atoms with Crippen molar-refractivity contribution in [3.63, 3.8) is 0 Å². The molecule has 0 atom stereocenters. The third-order valence-electron chi connectivity index (χ3n) is 1.12. The smallest absolute Gasteiger partial charge is 0.223 e. The molecule has 0 unspecified atom stereocenters. The van der Waals surface area contributed by atoms with Crippen LogP contribution in [0, 0.1) is 0 Å². The monoisotopic (exact) mass is 112 g/mol. The Morgan fingerprint density at radius 2 is 2.62 bits per heavy atom. The molecule has 0 bridgehead atoms. The fraction of sp³-hybridized carbons (Fsp3) is 0.400. The van der Waals surface area contributed by atoms with Crippen molar-refractivity contribution in [3.8, 4) is 0 Å². The molecule has 0 saturated heterocycles. The number of nitrogens with two attached hydrogens (primary N) is 1. The van der Waals surface area contributed by atoms with E-state index in [9.17, 15) is 0 Å². The number of hydrazone groups is 1. The number of hydrogen-bond acceptors (Lipinski definition) is 2. The van der Waals surface area contributed by atoms with E-state index in [1.807, 2.05) is 19.3 Å². The summed E-state index contributed by atoms with van der Waals surface area (Å²) in [5.41, 5.74) is 1.04. The predicted octanol–water partition coefficient (Wildman–Crippen LogP) is -0.592. The Morgan fingerprint density at radius 3 is 3.00 bits per heavy atom. The molecule has 0 radical (unpaired) electrons. The Bertz CT molecular complexity index is 128. The molecule has 0 amide bonds. The van der Waals surface area contributed by atoms with E-state index in [1.165, 1.54) is 0 Å². The zero-order chi connectivity index (χ0) is 5.98. The number of allylic oxidation sites excluding steroid dienone is 1. The number of hydrogen-bond donors (Lipinski definition) is 2. The first kappa shape index (κ1) is 5.15. The summed E-state index contributed by atoms with van der Waals surface area (Å²) >= 11 is 0. The van der Waals surface area contributed by atoms with E-state index < -0.39 is 0 Å². The maximum absolute atomic E-state index is 5.45. The first-order valence-electron chi connectivity index (χ1n) is 2.58. The summed E-state index contributed by atoms with van der Waals surface area (Å²) in [6.07, 6.45) is 3.77. The molecule has 3 heteroatoms. The van der Waals surface area contributed by atoms with Gasteiger partial charge in [0.1, 0.15) is 0 Å². The topological polar surface area (TPSA) is 41.1 Å². The van der Waals surface area contributed by atoms with Crippen molar-refractivity contribution in [1.29, 1.82) is 0 Å². The second-order valence-corrected chi connectivity index (χ2v) is 1.78. The average molecular weight is 112 g/mol. The molecule has 0 aromatic rings. The van der Waals surface area contributed by atoms with Gasteiger partial charge in [-0.1, -0.05) is 4.68 Å². The molecule has 0 aromatic heterocycles. The molecule has 0 fully saturated rings. The third kappa shape index (κ3) is 0.804. The van der Waals surface area contributed by atoms with E-state index in [1.54, 1.807) is 4.68 Å². The minimum atomic E-state index is 0.827. The van der Waals surface area contributed by atoms with Gasteiger partial charge in [0.2, 0.25) is 5.70 Å². The Hall–Kier alpha value is -0.990. The zero-order valence-electron chi connectivity index (χ0n) is 4.89. The summed E-state index contributed by atoms with van der Waals surface area (Å²) in [6.45, 7) is 2.77. The van der Waals surface area contributed by atoms with Crippen LogP contribution in [0.4, 0.5) is 0 Å². The van der Waals surface area contributed by atoms with Crippen molar-refractivity contribution in [2.24, 2.45) is 5.84 Å². The van der Waals surface area contributed by atoms with Crippen LogP contribution in [0.5, 0.6) is 0 Å². The van der Waals surface area contributed by atoms with Gasteiger partial charge in [0.05, 0.1) is 12.7 Å². The summed E-state index contributed by atoms with van der Waals surface area (Å²) in [6, 6.07) is 0. The zero-order valence-corrected chi connectivity index (χ0v) is 4.89. The highest BCUT2D eigenvalue weighted by atomic mass is 15.3. The van der Waals surface area contributed by atoms with Gasteiger partial charge in [0.15, 0.2) is 6.21 Å². The maximum atomic E-state index is 5.45. The van der Waals surface area contributed by atoms with Crippen LogP contribution in [0.15, 0.2) is 11.9 Å². The molecule has 1 aliphatic heterocycles. The van der Waals surface area contributed by atoms with Gasteiger partial charge in [-0.25, -0.2) is 5.84 Å². The van der Waals surface area contributed by atoms with Gasteiger partial charge in [-0.2, -0.15) is 0 Å². The minimum absolute atomic E-state index is 0.827. The van der Waals surface area contributed by atoms with Gasteiger partial charge in [-0.3, -0.25) is 0 Å². The summed E-state index contributed by atoms with van der Waals surface area (Å²) in [7, 11) is 0. The standard InChI is InChI=1S/C5H10N3/c1-5-4-7-2-3-8(5)6/h3-4,7H,2,6H2,1H3/q+1. The fourth-order valence-corrected chi connectivity index (χ4v) is 0.576. The maximum Gasteiger partial charge on any atom is 0.223 e. The Balaban J connectivity index is 2.73. The van der Waals surface area contributed by atoms with E-state index in [4.69, 9.17) is 5.84 Å². The Morgan fingerprint density at radius 1 is 1.88 bits per heavy atom. The first-order chi connectivity index (χ1) is 3.80. The van der Waals surface area contributed by atoms with Crippen LogP contribution in [0.2, 0.25) is 0 Å². The molecule has 3 nitrogen and oxygen atoms in total. The van der Waals surface area contributed by atoms with Crippen molar-refractivity contribution in [1.82, 2.24) is 5.32 Å². The lowest BCUT2D eigenvalue weighted by Gasteiger charge is -2.00. The van der Waals surface area contributed by atoms with E-state index >= 15 is 0 Å². The van der Waals surface area contributed by atoms with Gasteiger partial charge in [-0.05, 0) is 0 Å². The van der Waals surface area contributed by atoms with Crippen LogP contribution in [-0.4, -0.2) is 17.4 Å². The quantitative estimate of drug-likeness (QED) is 0.325. The summed E-state index contributed by atoms with van der Waals surface area (Å²) in [5.74, 6) is 5.45. The third-order valence-corrected chi connectivity index (χ3v) is 1.12. The lowest BCUT2D eigenvalue weighted by atomic mass is 10.5. The van der Waals surface area contributed by atoms with Crippen LogP contribution in [0.25, 0.3) is 0 Å². The number of nitrogens with one attached hydrogen (secondary N) is 1. The summed E-state index contributed by atoms with van der Waals surface area (Å²) < 4.78 is 1.61. The number of hydrazine groups is 1. The SMILES string of the molecule is CC1=CNCC=[N+]1N. The summed E-state index contributed by atoms with van der Waals surface area (Å²) in [5, 5.41) is 3.03. The summed E-state index contributed by atoms with van der Waals surface area (Å²) in [4.78, 5) is 0. The molecule has 1 aliphatic rings. The number of nitrogens with zero attached hydrogens (tertiary/aromatic N) is 1. The molecule has 44 valence electrons. The van der Waals surface area contributed by atoms with Crippen LogP contribution in [-0.2, 0) is 0 Å². The molecular formula is C5H10N3+. The van der Waals surface area contributed by atoms with Crippen LogP contribution < -0.4 is 11.2 Å². The van der Waals surface area contributed by atoms with E-state index in [0.717, 1.165) is 12.2 Å². The van der Waals surface area contributed by atoms with Crippen molar-refractivity contribution in [2.75, 3.05) is 6.54 Å². The van der Waals surface area contributed by atoms with Gasteiger partial charge in [-0.15, -0.1) is 0 Å². The van der Waals surface area contributed by atoms with Gasteiger partial charge in [0, 0.05) is 6.92 Å². The molecule has 1 rings (SSSR count). The molecule has 0 spiro atoms. The molecule has 3 N–H and O–H groups in total. The van der Waals surface area contributed by atoms with Gasteiger partial charge >= 0.3 is 0 Å². The lowest BCUT2D eigenvalue weighted by Crippen LogP contribution is -2.29. The van der Waals surface area contributed by atoms with E-state index in [0.29, 0.717) is 0 Å². The second kappa shape index (κ2) is 1.86. The Kier molecular flexibility index (Phi) is 1.20. The molecule has 0 aromatic carbocycles. The molecule has 1 heterocycles. The number of rotatable bonds is 0. The highest BCUT2D eigenvalue weighted by Gasteiger charge is 2.04. The average Bonchev–Trinajstić information content (AvgIpc) is 1.77. The highest BCUT2D eigenvalue weighted by molar-refractivity contribution is 5.55.